The topological polar surface area (TPSA) is 141 Å². The highest BCUT2D eigenvalue weighted by atomic mass is 35.5. The first kappa shape index (κ1) is 39.0. The number of carbonyl (C=O) groups is 5. The summed E-state index contributed by atoms with van der Waals surface area (Å²) in [6.45, 7) is 10.9. The molecule has 59 heavy (non-hydrogen) atoms. The number of piperidine rings is 2. The van der Waals surface area contributed by atoms with Gasteiger partial charge in [-0.3, -0.25) is 39.1 Å². The van der Waals surface area contributed by atoms with E-state index in [1.165, 1.54) is 0 Å². The van der Waals surface area contributed by atoms with Crippen molar-refractivity contribution in [3.05, 3.63) is 87.9 Å². The van der Waals surface area contributed by atoms with Crippen LogP contribution in [0, 0.1) is 22.7 Å². The number of nitrogens with one attached hydrogen (secondary N) is 1. The molecule has 9 rings (SSSR count). The average molecular weight is 817 g/mol. The van der Waals surface area contributed by atoms with Crippen LogP contribution in [0.1, 0.15) is 82.1 Å². The van der Waals surface area contributed by atoms with Crippen LogP contribution in [0.25, 0.3) is 0 Å². The number of anilines is 3. The molecule has 6 aliphatic rings. The van der Waals surface area contributed by atoms with Gasteiger partial charge in [-0.1, -0.05) is 11.6 Å². The summed E-state index contributed by atoms with van der Waals surface area (Å²) < 4.78 is 0. The number of carbonyl (C=O) groups excluding carboxylic acids is 5. The number of rotatable bonds is 7. The standard InChI is InChI=1S/C45H49ClN8O5/c1-29-24-45(28-53(29)35-7-4-32(25-47)38(46)23-35)13-16-50(17-14-45)33-5-2-31(3-6-33)42(57)52-15-12-30(27-52)26-49-18-20-51(21-19-49)34-8-9-36-37(22-34)44(59)54(43(36)58)39-10-11-40(55)48-41(39)56/h2-9,22-23,29-30,39H,10-21,24,26-28H2,1H3,(H,48,55,56)/t29-,30-,39?/m0/s1. The summed E-state index contributed by atoms with van der Waals surface area (Å²) in [5, 5.41) is 12.0. The molecule has 1 N–H and O–H groups in total. The highest BCUT2D eigenvalue weighted by Gasteiger charge is 2.46. The largest absolute Gasteiger partial charge is 0.371 e. The van der Waals surface area contributed by atoms with Crippen molar-refractivity contribution in [3.8, 4) is 6.07 Å². The number of hydrogen-bond donors (Lipinski definition) is 1. The number of benzene rings is 3. The van der Waals surface area contributed by atoms with Crippen LogP contribution in [0.2, 0.25) is 5.02 Å². The summed E-state index contributed by atoms with van der Waals surface area (Å²) in [5.41, 5.74) is 5.18. The highest BCUT2D eigenvalue weighted by molar-refractivity contribution is 6.32. The smallest absolute Gasteiger partial charge is 0.262 e. The molecule has 3 aromatic rings. The molecule has 6 aliphatic heterocycles. The van der Waals surface area contributed by atoms with Gasteiger partial charge >= 0.3 is 0 Å². The minimum absolute atomic E-state index is 0.0877. The molecule has 0 aliphatic carbocycles. The summed E-state index contributed by atoms with van der Waals surface area (Å²) in [6.07, 6.45) is 4.53. The number of likely N-dealkylation sites (tertiary alicyclic amines) is 1. The van der Waals surface area contributed by atoms with E-state index in [1.54, 1.807) is 12.1 Å². The maximum atomic E-state index is 13.6. The summed E-state index contributed by atoms with van der Waals surface area (Å²) in [7, 11) is 0. The summed E-state index contributed by atoms with van der Waals surface area (Å²) in [4.78, 5) is 76.7. The van der Waals surface area contributed by atoms with Crippen LogP contribution >= 0.6 is 11.6 Å². The molecule has 0 saturated carbocycles. The lowest BCUT2D eigenvalue weighted by molar-refractivity contribution is -0.136. The fourth-order valence-electron chi connectivity index (χ4n) is 10.4. The molecule has 6 heterocycles. The molecular weight excluding hydrogens is 768 g/mol. The third-order valence-electron chi connectivity index (χ3n) is 13.7. The first-order valence-corrected chi connectivity index (χ1v) is 21.3. The van der Waals surface area contributed by atoms with Crippen LogP contribution in [0.15, 0.2) is 60.7 Å². The van der Waals surface area contributed by atoms with E-state index in [4.69, 9.17) is 11.6 Å². The normalized spacial score (nSPS) is 24.6. The van der Waals surface area contributed by atoms with Crippen molar-refractivity contribution in [2.45, 2.75) is 57.5 Å². The SMILES string of the molecule is C[C@H]1CC2(CCN(c3ccc(C(=O)N4CC[C@@H](CN5CCN(c6ccc7c(c6)C(=O)N(C6CCC(=O)NC6=O)C7=O)CC5)C4)cc3)CC2)CN1c1ccc(C#N)c(Cl)c1. The summed E-state index contributed by atoms with van der Waals surface area (Å²) >= 11 is 6.38. The van der Waals surface area contributed by atoms with Gasteiger partial charge in [0.1, 0.15) is 12.1 Å². The predicted octanol–water partition coefficient (Wildman–Crippen LogP) is 4.78. The van der Waals surface area contributed by atoms with Crippen molar-refractivity contribution in [1.82, 2.24) is 20.0 Å². The van der Waals surface area contributed by atoms with Crippen LogP contribution in [0.3, 0.4) is 0 Å². The maximum absolute atomic E-state index is 13.6. The van der Waals surface area contributed by atoms with Crippen molar-refractivity contribution in [2.75, 3.05) is 80.1 Å². The van der Waals surface area contributed by atoms with E-state index >= 15 is 0 Å². The van der Waals surface area contributed by atoms with Gasteiger partial charge < -0.3 is 19.6 Å². The lowest BCUT2D eigenvalue weighted by Crippen LogP contribution is -2.54. The van der Waals surface area contributed by atoms with Crippen LogP contribution in [-0.4, -0.2) is 122 Å². The molecule has 0 aromatic heterocycles. The van der Waals surface area contributed by atoms with Crippen molar-refractivity contribution in [2.24, 2.45) is 11.3 Å². The van der Waals surface area contributed by atoms with Gasteiger partial charge in [0.15, 0.2) is 0 Å². The Morgan fingerprint density at radius 2 is 1.53 bits per heavy atom. The molecule has 3 aromatic carbocycles. The molecule has 0 radical (unpaired) electrons. The van der Waals surface area contributed by atoms with Gasteiger partial charge in [0.05, 0.1) is 21.7 Å². The summed E-state index contributed by atoms with van der Waals surface area (Å²) in [6, 6.07) is 20.8. The van der Waals surface area contributed by atoms with E-state index < -0.39 is 29.7 Å². The number of fused-ring (bicyclic) bond motifs is 1. The molecule has 5 amide bonds. The molecule has 1 spiro atoms. The van der Waals surface area contributed by atoms with Crippen LogP contribution < -0.4 is 20.0 Å². The number of imide groups is 2. The van der Waals surface area contributed by atoms with Gasteiger partial charge in [0, 0.05) is 101 Å². The van der Waals surface area contributed by atoms with Crippen molar-refractivity contribution in [1.29, 1.82) is 5.26 Å². The Morgan fingerprint density at radius 1 is 0.831 bits per heavy atom. The Balaban J connectivity index is 0.733. The Bertz CT molecular complexity index is 2240. The Hall–Kier alpha value is -5.45. The molecule has 1 unspecified atom stereocenters. The lowest BCUT2D eigenvalue weighted by atomic mass is 9.76. The zero-order valence-electron chi connectivity index (χ0n) is 33.4. The number of amides is 5. The quantitative estimate of drug-likeness (QED) is 0.332. The Morgan fingerprint density at radius 3 is 2.24 bits per heavy atom. The van der Waals surface area contributed by atoms with E-state index in [0.29, 0.717) is 28.1 Å². The summed E-state index contributed by atoms with van der Waals surface area (Å²) in [5.74, 6) is -1.51. The average Bonchev–Trinajstić information content (AvgIpc) is 3.91. The first-order valence-electron chi connectivity index (χ1n) is 20.9. The molecule has 14 heteroatoms. The molecule has 0 bridgehead atoms. The predicted molar refractivity (Wildman–Crippen MR) is 224 cm³/mol. The van der Waals surface area contributed by atoms with Crippen molar-refractivity contribution < 1.29 is 24.0 Å². The second-order valence-electron chi connectivity index (χ2n) is 17.4. The van der Waals surface area contributed by atoms with E-state index in [0.717, 1.165) is 119 Å². The molecule has 5 saturated heterocycles. The minimum atomic E-state index is -0.980. The van der Waals surface area contributed by atoms with Crippen molar-refractivity contribution >= 4 is 58.2 Å². The van der Waals surface area contributed by atoms with Gasteiger partial charge in [-0.25, -0.2) is 0 Å². The van der Waals surface area contributed by atoms with Crippen molar-refractivity contribution in [3.63, 3.8) is 0 Å². The fraction of sp³-hybridized carbons (Fsp3) is 0.467. The molecule has 5 fully saturated rings. The zero-order chi connectivity index (χ0) is 41.0. The first-order chi connectivity index (χ1) is 28.5. The zero-order valence-corrected chi connectivity index (χ0v) is 34.1. The minimum Gasteiger partial charge on any atom is -0.371 e. The number of halogens is 1. The number of nitrogens with zero attached hydrogens (tertiary/aromatic N) is 7. The number of hydrogen-bond acceptors (Lipinski definition) is 10. The Kier molecular flexibility index (Phi) is 10.3. The second-order valence-corrected chi connectivity index (χ2v) is 17.8. The molecule has 3 atom stereocenters. The third-order valence-corrected chi connectivity index (χ3v) is 14.0. The third kappa shape index (κ3) is 7.42. The Labute approximate surface area is 349 Å². The van der Waals surface area contributed by atoms with Gasteiger partial charge in [-0.15, -0.1) is 0 Å². The lowest BCUT2D eigenvalue weighted by Gasteiger charge is -2.40. The van der Waals surface area contributed by atoms with Gasteiger partial charge in [-0.05, 0) is 111 Å². The fourth-order valence-corrected chi connectivity index (χ4v) is 10.6. The number of nitriles is 1. The van der Waals surface area contributed by atoms with E-state index in [9.17, 15) is 29.2 Å². The molecule has 306 valence electrons. The van der Waals surface area contributed by atoms with Gasteiger partial charge in [0.2, 0.25) is 11.8 Å². The van der Waals surface area contributed by atoms with Crippen LogP contribution in [0.4, 0.5) is 17.1 Å². The van der Waals surface area contributed by atoms with Crippen LogP contribution in [-0.2, 0) is 9.59 Å². The van der Waals surface area contributed by atoms with Gasteiger partial charge in [-0.2, -0.15) is 5.26 Å². The van der Waals surface area contributed by atoms with E-state index in [2.05, 4.69) is 50.0 Å². The highest BCUT2D eigenvalue weighted by Crippen LogP contribution is 2.46. The monoisotopic (exact) mass is 816 g/mol. The molecule has 13 nitrogen and oxygen atoms in total. The maximum Gasteiger partial charge on any atom is 0.262 e. The van der Waals surface area contributed by atoms with E-state index in [1.807, 2.05) is 41.3 Å². The second kappa shape index (κ2) is 15.6. The van der Waals surface area contributed by atoms with E-state index in [-0.39, 0.29) is 29.7 Å². The number of piperazine rings is 1. The van der Waals surface area contributed by atoms with Crippen LogP contribution in [0.5, 0.6) is 0 Å². The van der Waals surface area contributed by atoms with Gasteiger partial charge in [0.25, 0.3) is 17.7 Å². The molecular formula is C45H49ClN8O5.